The van der Waals surface area contributed by atoms with Gasteiger partial charge in [0.25, 0.3) is 0 Å². The summed E-state index contributed by atoms with van der Waals surface area (Å²) in [6, 6.07) is 0. The van der Waals surface area contributed by atoms with Gasteiger partial charge in [-0.15, -0.1) is 0 Å². The number of rotatable bonds is 3. The van der Waals surface area contributed by atoms with Crippen LogP contribution in [0.3, 0.4) is 0 Å². The Labute approximate surface area is 85.1 Å². The Balaban J connectivity index is 2.26. The van der Waals surface area contributed by atoms with Crippen molar-refractivity contribution >= 4 is 5.96 Å². The third-order valence-corrected chi connectivity index (χ3v) is 2.24. The van der Waals surface area contributed by atoms with Crippen molar-refractivity contribution in [2.75, 3.05) is 26.3 Å². The molecule has 5 heteroatoms. The van der Waals surface area contributed by atoms with Crippen molar-refractivity contribution in [2.45, 2.75) is 19.8 Å². The standard InChI is InChI=1S/C9H20N4O/c1-2-11-9(13-10)12-6-8-4-3-5-14-7-8/h8H,2-7,10H2,1H3,(H2,11,12,13). The van der Waals surface area contributed by atoms with Gasteiger partial charge in [-0.2, -0.15) is 0 Å². The number of nitrogens with zero attached hydrogens (tertiary/aromatic N) is 1. The van der Waals surface area contributed by atoms with Crippen LogP contribution in [0.2, 0.25) is 0 Å². The van der Waals surface area contributed by atoms with E-state index in [9.17, 15) is 0 Å². The summed E-state index contributed by atoms with van der Waals surface area (Å²) in [5.41, 5.74) is 2.54. The molecule has 1 atom stereocenters. The lowest BCUT2D eigenvalue weighted by atomic mass is 10.0. The predicted octanol–water partition coefficient (Wildman–Crippen LogP) is -0.158. The topological polar surface area (TPSA) is 71.7 Å². The fourth-order valence-electron chi connectivity index (χ4n) is 1.49. The van der Waals surface area contributed by atoms with Crippen LogP contribution in [-0.2, 0) is 4.74 Å². The van der Waals surface area contributed by atoms with Crippen molar-refractivity contribution in [3.05, 3.63) is 0 Å². The molecule has 1 unspecified atom stereocenters. The minimum absolute atomic E-state index is 0.547. The number of guanidine groups is 1. The van der Waals surface area contributed by atoms with Crippen LogP contribution >= 0.6 is 0 Å². The molecule has 1 rings (SSSR count). The minimum atomic E-state index is 0.547. The first-order valence-electron chi connectivity index (χ1n) is 5.19. The molecule has 14 heavy (non-hydrogen) atoms. The highest BCUT2D eigenvalue weighted by Gasteiger charge is 2.13. The zero-order chi connectivity index (χ0) is 10.2. The van der Waals surface area contributed by atoms with E-state index >= 15 is 0 Å². The molecule has 4 N–H and O–H groups in total. The summed E-state index contributed by atoms with van der Waals surface area (Å²) in [7, 11) is 0. The van der Waals surface area contributed by atoms with Gasteiger partial charge < -0.3 is 10.1 Å². The second-order valence-electron chi connectivity index (χ2n) is 3.45. The Morgan fingerprint density at radius 3 is 3.07 bits per heavy atom. The molecule has 0 saturated carbocycles. The molecule has 1 fully saturated rings. The average molecular weight is 200 g/mol. The van der Waals surface area contributed by atoms with Crippen LogP contribution in [-0.4, -0.2) is 32.3 Å². The predicted molar refractivity (Wildman–Crippen MR) is 56.8 cm³/mol. The third-order valence-electron chi connectivity index (χ3n) is 2.24. The van der Waals surface area contributed by atoms with Crippen LogP contribution in [0.4, 0.5) is 0 Å². The lowest BCUT2D eigenvalue weighted by Gasteiger charge is -2.20. The van der Waals surface area contributed by atoms with E-state index in [1.54, 1.807) is 0 Å². The van der Waals surface area contributed by atoms with Crippen LogP contribution in [0.15, 0.2) is 4.99 Å². The van der Waals surface area contributed by atoms with Gasteiger partial charge in [-0.25, -0.2) is 5.84 Å². The summed E-state index contributed by atoms with van der Waals surface area (Å²) >= 11 is 0. The first kappa shape index (κ1) is 11.3. The maximum Gasteiger partial charge on any atom is 0.205 e. The van der Waals surface area contributed by atoms with Gasteiger partial charge in [-0.05, 0) is 19.8 Å². The maximum absolute atomic E-state index is 5.37. The quantitative estimate of drug-likeness (QED) is 0.256. The van der Waals surface area contributed by atoms with Gasteiger partial charge in [0.05, 0.1) is 6.61 Å². The van der Waals surface area contributed by atoms with Crippen LogP contribution in [0, 0.1) is 5.92 Å². The minimum Gasteiger partial charge on any atom is -0.381 e. The molecule has 0 aromatic rings. The van der Waals surface area contributed by atoms with Crippen LogP contribution in [0.5, 0.6) is 0 Å². The molecule has 0 aromatic carbocycles. The van der Waals surface area contributed by atoms with Gasteiger partial charge in [0, 0.05) is 25.6 Å². The van der Waals surface area contributed by atoms with Crippen molar-refractivity contribution in [1.82, 2.24) is 10.7 Å². The second kappa shape index (κ2) is 6.62. The summed E-state index contributed by atoms with van der Waals surface area (Å²) in [6.07, 6.45) is 2.35. The number of nitrogens with two attached hydrogens (primary N) is 1. The first-order chi connectivity index (χ1) is 6.86. The Bertz CT molecular complexity index is 178. The Morgan fingerprint density at radius 1 is 1.64 bits per heavy atom. The van der Waals surface area contributed by atoms with E-state index in [4.69, 9.17) is 10.6 Å². The summed E-state index contributed by atoms with van der Waals surface area (Å²) in [6.45, 7) is 5.34. The molecule has 0 bridgehead atoms. The smallest absolute Gasteiger partial charge is 0.205 e. The van der Waals surface area contributed by atoms with Crippen molar-refractivity contribution in [2.24, 2.45) is 16.8 Å². The molecular formula is C9H20N4O. The van der Waals surface area contributed by atoms with Gasteiger partial charge in [0.2, 0.25) is 5.96 Å². The Kier molecular flexibility index (Phi) is 5.32. The molecule has 1 aliphatic heterocycles. The van der Waals surface area contributed by atoms with E-state index in [0.29, 0.717) is 11.9 Å². The molecule has 1 saturated heterocycles. The largest absolute Gasteiger partial charge is 0.381 e. The lowest BCUT2D eigenvalue weighted by molar-refractivity contribution is 0.0582. The van der Waals surface area contributed by atoms with Gasteiger partial charge in [0.15, 0.2) is 0 Å². The highest BCUT2D eigenvalue weighted by Crippen LogP contribution is 2.13. The van der Waals surface area contributed by atoms with Gasteiger partial charge in [0.1, 0.15) is 0 Å². The molecule has 82 valence electrons. The average Bonchev–Trinajstić information content (AvgIpc) is 2.25. The van der Waals surface area contributed by atoms with E-state index in [0.717, 1.165) is 32.7 Å². The van der Waals surface area contributed by atoms with Gasteiger partial charge in [-0.3, -0.25) is 10.4 Å². The second-order valence-corrected chi connectivity index (χ2v) is 3.45. The summed E-state index contributed by atoms with van der Waals surface area (Å²) < 4.78 is 5.37. The molecular weight excluding hydrogens is 180 g/mol. The molecule has 0 aromatic heterocycles. The van der Waals surface area contributed by atoms with Crippen LogP contribution in [0.25, 0.3) is 0 Å². The van der Waals surface area contributed by atoms with Crippen molar-refractivity contribution < 1.29 is 4.74 Å². The van der Waals surface area contributed by atoms with E-state index in [-0.39, 0.29) is 0 Å². The van der Waals surface area contributed by atoms with E-state index in [1.165, 1.54) is 6.42 Å². The third kappa shape index (κ3) is 3.93. The highest BCUT2D eigenvalue weighted by molar-refractivity contribution is 5.79. The van der Waals surface area contributed by atoms with Crippen LogP contribution < -0.4 is 16.6 Å². The summed E-state index contributed by atoms with van der Waals surface area (Å²) in [5, 5.41) is 3.04. The Morgan fingerprint density at radius 2 is 2.50 bits per heavy atom. The van der Waals surface area contributed by atoms with E-state index in [2.05, 4.69) is 15.7 Å². The monoisotopic (exact) mass is 200 g/mol. The highest BCUT2D eigenvalue weighted by atomic mass is 16.5. The molecule has 0 spiro atoms. The molecule has 5 nitrogen and oxygen atoms in total. The number of aliphatic imine (C=N–C) groups is 1. The van der Waals surface area contributed by atoms with Gasteiger partial charge in [-0.1, -0.05) is 0 Å². The molecule has 1 aliphatic rings. The fraction of sp³-hybridized carbons (Fsp3) is 0.889. The Hall–Kier alpha value is -0.810. The molecule has 0 amide bonds. The number of hydrogen-bond acceptors (Lipinski definition) is 3. The van der Waals surface area contributed by atoms with Crippen molar-refractivity contribution in [1.29, 1.82) is 0 Å². The first-order valence-corrected chi connectivity index (χ1v) is 5.19. The van der Waals surface area contributed by atoms with Crippen molar-refractivity contribution in [3.63, 3.8) is 0 Å². The number of nitrogens with one attached hydrogen (secondary N) is 2. The van der Waals surface area contributed by atoms with E-state index in [1.807, 2.05) is 6.92 Å². The SMILES string of the molecule is CCNC(=NCC1CCCOC1)NN. The van der Waals surface area contributed by atoms with Gasteiger partial charge >= 0.3 is 0 Å². The molecule has 0 aliphatic carbocycles. The molecule has 1 heterocycles. The zero-order valence-corrected chi connectivity index (χ0v) is 8.75. The number of hydrazine groups is 1. The summed E-state index contributed by atoms with van der Waals surface area (Å²) in [4.78, 5) is 4.35. The zero-order valence-electron chi connectivity index (χ0n) is 8.75. The summed E-state index contributed by atoms with van der Waals surface area (Å²) in [5.74, 6) is 6.51. The fourth-order valence-corrected chi connectivity index (χ4v) is 1.49. The van der Waals surface area contributed by atoms with Crippen molar-refractivity contribution in [3.8, 4) is 0 Å². The normalized spacial score (nSPS) is 23.3. The number of ether oxygens (including phenoxy) is 1. The van der Waals surface area contributed by atoms with Crippen LogP contribution in [0.1, 0.15) is 19.8 Å². The van der Waals surface area contributed by atoms with E-state index < -0.39 is 0 Å². The molecule has 0 radical (unpaired) electrons. The number of hydrogen-bond donors (Lipinski definition) is 3. The maximum atomic E-state index is 5.37. The lowest BCUT2D eigenvalue weighted by Crippen LogP contribution is -2.42.